The van der Waals surface area contributed by atoms with Crippen molar-refractivity contribution in [3.05, 3.63) is 34.9 Å². The van der Waals surface area contributed by atoms with Gasteiger partial charge in [-0.2, -0.15) is 13.2 Å². The van der Waals surface area contributed by atoms with E-state index >= 15 is 0 Å². The number of hydrogen-bond donors (Lipinski definition) is 1. The lowest BCUT2D eigenvalue weighted by Gasteiger charge is -2.15. The highest BCUT2D eigenvalue weighted by Crippen LogP contribution is 2.34. The van der Waals surface area contributed by atoms with Gasteiger partial charge in [-0.25, -0.2) is 4.98 Å². The first-order valence-corrected chi connectivity index (χ1v) is 8.49. The van der Waals surface area contributed by atoms with E-state index in [1.807, 2.05) is 0 Å². The quantitative estimate of drug-likeness (QED) is 0.750. The second-order valence-electron chi connectivity index (χ2n) is 6.64. The number of halogens is 3. The Morgan fingerprint density at radius 2 is 2.00 bits per heavy atom. The van der Waals surface area contributed by atoms with Gasteiger partial charge in [0.25, 0.3) is 5.91 Å². The van der Waals surface area contributed by atoms with Gasteiger partial charge in [-0.05, 0) is 43.4 Å². The normalized spacial score (nSPS) is 11.8. The van der Waals surface area contributed by atoms with E-state index in [2.05, 4.69) is 24.1 Å². The fourth-order valence-electron chi connectivity index (χ4n) is 2.79. The number of rotatable bonds is 6. The zero-order valence-corrected chi connectivity index (χ0v) is 15.3. The van der Waals surface area contributed by atoms with E-state index in [1.54, 1.807) is 6.92 Å². The van der Waals surface area contributed by atoms with E-state index in [1.165, 1.54) is 13.2 Å². The molecule has 0 aliphatic heterocycles. The average molecular weight is 368 g/mol. The van der Waals surface area contributed by atoms with E-state index in [0.29, 0.717) is 23.4 Å². The molecule has 26 heavy (non-hydrogen) atoms. The number of carbonyl (C=O) groups is 1. The first-order chi connectivity index (χ1) is 12.1. The molecule has 4 nitrogen and oxygen atoms in total. The van der Waals surface area contributed by atoms with E-state index < -0.39 is 11.7 Å². The number of fused-ring (bicyclic) bond motifs is 1. The van der Waals surface area contributed by atoms with Crippen LogP contribution in [0.25, 0.3) is 10.9 Å². The molecule has 7 heteroatoms. The Bertz CT molecular complexity index is 801. The average Bonchev–Trinajstić information content (AvgIpc) is 2.56. The molecule has 2 rings (SSSR count). The maximum Gasteiger partial charge on any atom is 0.416 e. The molecule has 0 bridgehead atoms. The zero-order valence-electron chi connectivity index (χ0n) is 15.3. The number of ether oxygens (including phenoxy) is 1. The number of aromatic nitrogens is 1. The number of alkyl halides is 3. The number of methoxy groups -OCH3 is 1. The minimum atomic E-state index is -4.45. The molecule has 2 aromatic rings. The molecule has 1 aromatic carbocycles. The van der Waals surface area contributed by atoms with Crippen molar-refractivity contribution in [2.24, 2.45) is 5.92 Å². The summed E-state index contributed by atoms with van der Waals surface area (Å²) in [5, 5.41) is 3.32. The van der Waals surface area contributed by atoms with Gasteiger partial charge in [0.2, 0.25) is 5.88 Å². The predicted molar refractivity (Wildman–Crippen MR) is 94.4 cm³/mol. The summed E-state index contributed by atoms with van der Waals surface area (Å²) < 4.78 is 43.9. The summed E-state index contributed by atoms with van der Waals surface area (Å²) in [5.41, 5.74) is 0.154. The van der Waals surface area contributed by atoms with Gasteiger partial charge >= 0.3 is 6.18 Å². The standard InChI is InChI=1S/C19H23F3N2O2/c1-11(2)6-5-9-23-17(25)16-12(3)14-8-7-13(19(20,21)22)10-15(14)24-18(16)26-4/h7-8,10-11H,5-6,9H2,1-4H3,(H,23,25). The van der Waals surface area contributed by atoms with E-state index in [4.69, 9.17) is 4.74 Å². The van der Waals surface area contributed by atoms with Crippen molar-refractivity contribution in [1.82, 2.24) is 10.3 Å². The van der Waals surface area contributed by atoms with Gasteiger partial charge < -0.3 is 10.1 Å². The van der Waals surface area contributed by atoms with Gasteiger partial charge in [-0.1, -0.05) is 19.9 Å². The molecule has 1 N–H and O–H groups in total. The molecule has 1 amide bonds. The number of nitrogens with one attached hydrogen (secondary N) is 1. The van der Waals surface area contributed by atoms with Crippen molar-refractivity contribution in [2.45, 2.75) is 39.8 Å². The number of amides is 1. The second-order valence-corrected chi connectivity index (χ2v) is 6.64. The largest absolute Gasteiger partial charge is 0.480 e. The number of pyridine rings is 1. The van der Waals surface area contributed by atoms with Crippen LogP contribution in [0.15, 0.2) is 18.2 Å². The maximum atomic E-state index is 12.9. The van der Waals surface area contributed by atoms with Crippen LogP contribution in [0.5, 0.6) is 5.88 Å². The lowest BCUT2D eigenvalue weighted by Crippen LogP contribution is -2.26. The van der Waals surface area contributed by atoms with Crippen LogP contribution in [0.2, 0.25) is 0 Å². The molecule has 0 fully saturated rings. The Hall–Kier alpha value is -2.31. The van der Waals surface area contributed by atoms with Gasteiger partial charge in [0, 0.05) is 11.9 Å². The second kappa shape index (κ2) is 7.93. The summed E-state index contributed by atoms with van der Waals surface area (Å²) in [6.45, 7) is 6.42. The molecule has 0 aliphatic rings. The van der Waals surface area contributed by atoms with Crippen molar-refractivity contribution in [3.63, 3.8) is 0 Å². The molecule has 1 heterocycles. The Morgan fingerprint density at radius 1 is 1.31 bits per heavy atom. The van der Waals surface area contributed by atoms with Gasteiger partial charge in [-0.3, -0.25) is 4.79 Å². The molecule has 0 aliphatic carbocycles. The van der Waals surface area contributed by atoms with Crippen LogP contribution in [0, 0.1) is 12.8 Å². The van der Waals surface area contributed by atoms with Crippen molar-refractivity contribution in [3.8, 4) is 5.88 Å². The SMILES string of the molecule is COc1nc2cc(C(F)(F)F)ccc2c(C)c1C(=O)NCCCC(C)C. The third-order valence-corrected chi connectivity index (χ3v) is 4.20. The number of carbonyl (C=O) groups excluding carboxylic acids is 1. The van der Waals surface area contributed by atoms with Crippen molar-refractivity contribution >= 4 is 16.8 Å². The highest BCUT2D eigenvalue weighted by molar-refractivity contribution is 6.02. The Labute approximate surface area is 150 Å². The van der Waals surface area contributed by atoms with Gasteiger partial charge in [0.15, 0.2) is 0 Å². The highest BCUT2D eigenvalue weighted by atomic mass is 19.4. The first-order valence-electron chi connectivity index (χ1n) is 8.49. The monoisotopic (exact) mass is 368 g/mol. The number of nitrogens with zero attached hydrogens (tertiary/aromatic N) is 1. The zero-order chi connectivity index (χ0) is 19.5. The summed E-state index contributed by atoms with van der Waals surface area (Å²) in [7, 11) is 1.34. The number of aryl methyl sites for hydroxylation is 1. The lowest BCUT2D eigenvalue weighted by molar-refractivity contribution is -0.137. The minimum absolute atomic E-state index is 0.0238. The van der Waals surface area contributed by atoms with Gasteiger partial charge in [-0.15, -0.1) is 0 Å². The van der Waals surface area contributed by atoms with Crippen molar-refractivity contribution in [2.75, 3.05) is 13.7 Å². The maximum absolute atomic E-state index is 12.9. The van der Waals surface area contributed by atoms with Gasteiger partial charge in [0.05, 0.1) is 18.2 Å². The third kappa shape index (κ3) is 4.45. The lowest BCUT2D eigenvalue weighted by atomic mass is 10.0. The summed E-state index contributed by atoms with van der Waals surface area (Å²) in [4.78, 5) is 16.7. The van der Waals surface area contributed by atoms with Crippen molar-refractivity contribution in [1.29, 1.82) is 0 Å². The molecule has 142 valence electrons. The van der Waals surface area contributed by atoms with E-state index in [-0.39, 0.29) is 22.9 Å². The fourth-order valence-corrected chi connectivity index (χ4v) is 2.79. The molecule has 0 spiro atoms. The van der Waals surface area contributed by atoms with Crippen LogP contribution in [0.3, 0.4) is 0 Å². The van der Waals surface area contributed by atoms with Crippen LogP contribution in [0.1, 0.15) is 48.2 Å². The van der Waals surface area contributed by atoms with Crippen LogP contribution in [0.4, 0.5) is 13.2 Å². The van der Waals surface area contributed by atoms with E-state index in [0.717, 1.165) is 25.0 Å². The first kappa shape index (κ1) is 20.0. The number of benzene rings is 1. The number of hydrogen-bond acceptors (Lipinski definition) is 3. The summed E-state index contributed by atoms with van der Waals surface area (Å²) >= 11 is 0. The molecule has 0 atom stereocenters. The molecular formula is C19H23F3N2O2. The molecule has 1 aromatic heterocycles. The fraction of sp³-hybridized carbons (Fsp3) is 0.474. The van der Waals surface area contributed by atoms with Crippen LogP contribution in [-0.2, 0) is 6.18 Å². The van der Waals surface area contributed by atoms with Crippen molar-refractivity contribution < 1.29 is 22.7 Å². The molecule has 0 unspecified atom stereocenters. The smallest absolute Gasteiger partial charge is 0.416 e. The summed E-state index contributed by atoms with van der Waals surface area (Å²) in [6, 6.07) is 3.30. The third-order valence-electron chi connectivity index (χ3n) is 4.20. The van der Waals surface area contributed by atoms with E-state index in [9.17, 15) is 18.0 Å². The van der Waals surface area contributed by atoms with Gasteiger partial charge in [0.1, 0.15) is 5.56 Å². The topological polar surface area (TPSA) is 51.2 Å². The molecular weight excluding hydrogens is 345 g/mol. The Balaban J connectivity index is 2.37. The predicted octanol–water partition coefficient (Wildman–Crippen LogP) is 4.74. The molecule has 0 radical (unpaired) electrons. The highest BCUT2D eigenvalue weighted by Gasteiger charge is 2.31. The Kier molecular flexibility index (Phi) is 6.10. The molecule has 0 saturated carbocycles. The Morgan fingerprint density at radius 3 is 2.58 bits per heavy atom. The summed E-state index contributed by atoms with van der Waals surface area (Å²) in [6.07, 6.45) is -2.61. The minimum Gasteiger partial charge on any atom is -0.480 e. The molecule has 0 saturated heterocycles. The van der Waals surface area contributed by atoms with Crippen LogP contribution in [-0.4, -0.2) is 24.5 Å². The van der Waals surface area contributed by atoms with Crippen LogP contribution < -0.4 is 10.1 Å². The summed E-state index contributed by atoms with van der Waals surface area (Å²) in [5.74, 6) is 0.237. The van der Waals surface area contributed by atoms with Crippen LogP contribution >= 0.6 is 0 Å².